The minimum atomic E-state index is 1.19. The Hall–Kier alpha value is -0.0200. The van der Waals surface area contributed by atoms with Gasteiger partial charge in [-0.05, 0) is 17.9 Å². The van der Waals surface area contributed by atoms with Crippen molar-refractivity contribution in [1.82, 2.24) is 0 Å². The minimum Gasteiger partial charge on any atom is -0.195 e. The molecule has 0 saturated heterocycles. The number of thiazole rings is 1. The van der Waals surface area contributed by atoms with Crippen molar-refractivity contribution in [2.45, 2.75) is 123 Å². The summed E-state index contributed by atoms with van der Waals surface area (Å²) < 4.78 is 2.31. The normalized spacial score (nSPS) is 11.3. The van der Waals surface area contributed by atoms with Crippen LogP contribution < -0.4 is 4.57 Å². The van der Waals surface area contributed by atoms with Crippen molar-refractivity contribution in [3.63, 3.8) is 0 Å². The van der Waals surface area contributed by atoms with Gasteiger partial charge in [0.2, 0.25) is 5.51 Å². The number of nitrogens with zero attached hydrogens (tertiary/aromatic N) is 1. The molecule has 1 nitrogen and oxygen atoms in total. The second-order valence-corrected chi connectivity index (χ2v) is 10.0. The lowest BCUT2D eigenvalue weighted by molar-refractivity contribution is -0.692. The average molecular weight is 413 g/mol. The zero-order valence-corrected chi connectivity index (χ0v) is 19.8. The fourth-order valence-electron chi connectivity index (χ4n) is 3.59. The SMILES string of the molecule is CCCCCCCCCCCCCCCCCCSCCC[n+]1ccsc1. The summed E-state index contributed by atoms with van der Waals surface area (Å²) >= 11 is 3.94. The second-order valence-electron chi connectivity index (χ2n) is 8.03. The molecule has 1 rings (SSSR count). The highest BCUT2D eigenvalue weighted by Gasteiger charge is 1.99. The molecule has 0 aliphatic heterocycles. The molecular weight excluding hydrogens is 366 g/mol. The van der Waals surface area contributed by atoms with Gasteiger partial charge in [0.05, 0.1) is 5.38 Å². The number of unbranched alkanes of at least 4 members (excludes halogenated alkanes) is 15. The van der Waals surface area contributed by atoms with Crippen molar-refractivity contribution in [1.29, 1.82) is 0 Å². The van der Waals surface area contributed by atoms with E-state index in [0.29, 0.717) is 0 Å². The standard InChI is InChI=1S/C24H46NS2/c1-2-3-4-5-6-7-8-9-10-11-12-13-14-15-16-17-21-26-22-18-19-25-20-23-27-24-25/h20,23-24H,2-19,21-22H2,1H3/q+1. The molecule has 27 heavy (non-hydrogen) atoms. The van der Waals surface area contributed by atoms with Crippen LogP contribution in [0.3, 0.4) is 0 Å². The van der Waals surface area contributed by atoms with Crippen LogP contribution in [-0.4, -0.2) is 11.5 Å². The highest BCUT2D eigenvalue weighted by molar-refractivity contribution is 7.99. The van der Waals surface area contributed by atoms with Gasteiger partial charge >= 0.3 is 0 Å². The van der Waals surface area contributed by atoms with Crippen LogP contribution in [0.4, 0.5) is 0 Å². The molecule has 0 unspecified atom stereocenters. The molecule has 0 amide bonds. The fourth-order valence-corrected chi connectivity index (χ4v) is 5.17. The van der Waals surface area contributed by atoms with Crippen LogP contribution in [0.5, 0.6) is 0 Å². The molecule has 0 spiro atoms. The highest BCUT2D eigenvalue weighted by Crippen LogP contribution is 2.14. The lowest BCUT2D eigenvalue weighted by Gasteiger charge is -2.04. The Morgan fingerprint density at radius 1 is 0.630 bits per heavy atom. The summed E-state index contributed by atoms with van der Waals surface area (Å²) in [6.45, 7) is 3.49. The van der Waals surface area contributed by atoms with E-state index in [1.807, 2.05) is 0 Å². The molecule has 1 aromatic heterocycles. The van der Waals surface area contributed by atoms with Crippen LogP contribution in [-0.2, 0) is 6.54 Å². The molecule has 3 heteroatoms. The van der Waals surface area contributed by atoms with Gasteiger partial charge in [-0.1, -0.05) is 115 Å². The van der Waals surface area contributed by atoms with E-state index in [1.165, 1.54) is 127 Å². The minimum absolute atomic E-state index is 1.19. The highest BCUT2D eigenvalue weighted by atomic mass is 32.2. The van der Waals surface area contributed by atoms with Gasteiger partial charge in [0, 0.05) is 6.42 Å². The van der Waals surface area contributed by atoms with Crippen molar-refractivity contribution in [2.75, 3.05) is 11.5 Å². The maximum absolute atomic E-state index is 2.31. The number of thioether (sulfide) groups is 1. The van der Waals surface area contributed by atoms with E-state index in [2.05, 4.69) is 40.3 Å². The predicted octanol–water partition coefficient (Wildman–Crippen LogP) is 8.42. The van der Waals surface area contributed by atoms with Crippen molar-refractivity contribution in [3.8, 4) is 0 Å². The molecule has 0 fully saturated rings. The van der Waals surface area contributed by atoms with Crippen LogP contribution in [0.15, 0.2) is 17.1 Å². The third kappa shape index (κ3) is 17.8. The van der Waals surface area contributed by atoms with Gasteiger partial charge in [0.15, 0.2) is 6.20 Å². The maximum Gasteiger partial charge on any atom is 0.224 e. The van der Waals surface area contributed by atoms with Gasteiger partial charge in [-0.3, -0.25) is 0 Å². The Labute approximate surface area is 178 Å². The van der Waals surface area contributed by atoms with Gasteiger partial charge in [-0.25, -0.2) is 0 Å². The maximum atomic E-state index is 2.31. The first-order valence-electron chi connectivity index (χ1n) is 11.9. The summed E-state index contributed by atoms with van der Waals surface area (Å²) in [6, 6.07) is 0. The van der Waals surface area contributed by atoms with Gasteiger partial charge in [-0.2, -0.15) is 16.3 Å². The van der Waals surface area contributed by atoms with E-state index < -0.39 is 0 Å². The smallest absolute Gasteiger partial charge is 0.195 e. The number of hydrogen-bond acceptors (Lipinski definition) is 2. The van der Waals surface area contributed by atoms with Crippen molar-refractivity contribution < 1.29 is 4.57 Å². The monoisotopic (exact) mass is 412 g/mol. The first kappa shape index (κ1) is 25.0. The molecule has 0 N–H and O–H groups in total. The molecular formula is C24H46NS2+. The van der Waals surface area contributed by atoms with Gasteiger partial charge in [-0.15, -0.1) is 0 Å². The summed E-state index contributed by atoms with van der Waals surface area (Å²) in [5, 5.41) is 2.16. The lowest BCUT2D eigenvalue weighted by Crippen LogP contribution is -2.30. The molecule has 0 aliphatic rings. The molecule has 0 aliphatic carbocycles. The van der Waals surface area contributed by atoms with Crippen LogP contribution in [0.2, 0.25) is 0 Å². The Bertz CT molecular complexity index is 378. The topological polar surface area (TPSA) is 3.88 Å². The number of aromatic nitrogens is 1. The molecule has 1 heterocycles. The van der Waals surface area contributed by atoms with Crippen LogP contribution in [0.25, 0.3) is 0 Å². The number of rotatable bonds is 21. The van der Waals surface area contributed by atoms with E-state index in [-0.39, 0.29) is 0 Å². The predicted molar refractivity (Wildman–Crippen MR) is 126 cm³/mol. The molecule has 0 bridgehead atoms. The Morgan fingerprint density at radius 2 is 1.11 bits per heavy atom. The van der Waals surface area contributed by atoms with Gasteiger partial charge in [0.25, 0.3) is 0 Å². The van der Waals surface area contributed by atoms with Gasteiger partial charge in [0.1, 0.15) is 6.54 Å². The number of hydrogen-bond donors (Lipinski definition) is 0. The van der Waals surface area contributed by atoms with Crippen molar-refractivity contribution >= 4 is 23.1 Å². The zero-order valence-electron chi connectivity index (χ0n) is 18.1. The summed E-state index contributed by atoms with van der Waals surface area (Å²) in [6.07, 6.45) is 26.9. The molecule has 1 aromatic rings. The second kappa shape index (κ2) is 20.7. The van der Waals surface area contributed by atoms with E-state index in [1.54, 1.807) is 11.3 Å². The summed E-state index contributed by atoms with van der Waals surface area (Å²) in [5.74, 6) is 2.69. The van der Waals surface area contributed by atoms with E-state index in [0.717, 1.165) is 0 Å². The molecule has 0 radical (unpaired) electrons. The fraction of sp³-hybridized carbons (Fsp3) is 0.875. The van der Waals surface area contributed by atoms with Crippen LogP contribution in [0.1, 0.15) is 116 Å². The summed E-state index contributed by atoms with van der Waals surface area (Å²) in [7, 11) is 0. The Balaban J connectivity index is 1.64. The molecule has 0 atom stereocenters. The van der Waals surface area contributed by atoms with E-state index in [9.17, 15) is 0 Å². The summed E-state index contributed by atoms with van der Waals surface area (Å²) in [5.41, 5.74) is 2.21. The largest absolute Gasteiger partial charge is 0.224 e. The first-order valence-corrected chi connectivity index (χ1v) is 14.0. The first-order chi connectivity index (χ1) is 13.4. The lowest BCUT2D eigenvalue weighted by atomic mass is 10.0. The van der Waals surface area contributed by atoms with Crippen LogP contribution >= 0.6 is 23.1 Å². The molecule has 0 aromatic carbocycles. The third-order valence-corrected chi connectivity index (χ3v) is 7.20. The quantitative estimate of drug-likeness (QED) is 0.145. The van der Waals surface area contributed by atoms with E-state index >= 15 is 0 Å². The Kier molecular flexibility index (Phi) is 19.2. The number of aryl methyl sites for hydroxylation is 1. The zero-order chi connectivity index (χ0) is 19.3. The van der Waals surface area contributed by atoms with Crippen molar-refractivity contribution in [3.05, 3.63) is 17.1 Å². The molecule has 0 saturated carbocycles. The van der Waals surface area contributed by atoms with Crippen molar-refractivity contribution in [2.24, 2.45) is 0 Å². The Morgan fingerprint density at radius 3 is 1.59 bits per heavy atom. The van der Waals surface area contributed by atoms with Gasteiger partial charge < -0.3 is 0 Å². The summed E-state index contributed by atoms with van der Waals surface area (Å²) in [4.78, 5) is 0. The molecule has 158 valence electrons. The average Bonchev–Trinajstić information content (AvgIpc) is 3.20. The van der Waals surface area contributed by atoms with E-state index in [4.69, 9.17) is 0 Å². The van der Waals surface area contributed by atoms with Crippen LogP contribution in [0, 0.1) is 0 Å². The third-order valence-electron chi connectivity index (χ3n) is 5.37.